The molecule has 0 atom stereocenters. The second-order valence-electron chi connectivity index (χ2n) is 30.1. The molecule has 0 aliphatic carbocycles. The van der Waals surface area contributed by atoms with Crippen LogP contribution < -0.4 is 22.6 Å². The fourth-order valence-electron chi connectivity index (χ4n) is 9.23. The van der Waals surface area contributed by atoms with Gasteiger partial charge in [0, 0.05) is 16.7 Å². The van der Waals surface area contributed by atoms with Crippen LogP contribution in [-0.4, -0.2) is 11.1 Å². The molecule has 6 nitrogen and oxygen atoms in total. The molecule has 0 bridgehead atoms. The molecule has 0 spiro atoms. The Bertz CT molecular complexity index is 2450. The summed E-state index contributed by atoms with van der Waals surface area (Å²) in [6.45, 7) is 55.6. The van der Waals surface area contributed by atoms with Crippen molar-refractivity contribution in [2.24, 2.45) is 0 Å². The summed E-state index contributed by atoms with van der Waals surface area (Å²) in [5, 5.41) is 0. The third-order valence-corrected chi connectivity index (χ3v) is 17.4. The SMILES string of the molecule is CC(C)(C)c1ccc(OP(Oc2ccc(C(C)(C)C)cc2C(C)(C)C)Oc2ccc(C(C)(C)C)cc2C(C)(C)C)c(C(C)(C)C)c1.CCCCCCCC[PH](O)(Oc1ccccc1C(C)(C)C)Oc1ccccc1C(C)(C)C. The summed E-state index contributed by atoms with van der Waals surface area (Å²) in [4.78, 5) is 11.8. The van der Waals surface area contributed by atoms with Crippen molar-refractivity contribution in [3.63, 3.8) is 0 Å². The summed E-state index contributed by atoms with van der Waals surface area (Å²) in [5.41, 5.74) is 8.84. The molecule has 1 N–H and O–H groups in total. The fourth-order valence-corrected chi connectivity index (χ4v) is 12.3. The Labute approximate surface area is 479 Å². The van der Waals surface area contributed by atoms with Gasteiger partial charge in [0.1, 0.15) is 17.2 Å². The van der Waals surface area contributed by atoms with E-state index in [9.17, 15) is 4.89 Å². The van der Waals surface area contributed by atoms with E-state index in [1.54, 1.807) is 0 Å². The van der Waals surface area contributed by atoms with Gasteiger partial charge in [-0.1, -0.05) is 161 Å². The van der Waals surface area contributed by atoms with Crippen LogP contribution in [0.15, 0.2) is 103 Å². The molecular weight excluding hydrogens is 999 g/mol. The van der Waals surface area contributed by atoms with Crippen molar-refractivity contribution in [3.8, 4) is 28.7 Å². The molecule has 0 saturated carbocycles. The molecule has 0 heterocycles. The van der Waals surface area contributed by atoms with Gasteiger partial charge in [-0.15, -0.1) is 0 Å². The standard InChI is InChI=1S/C42H63O3P.C28H45O3P/c1-37(2,3)28-19-22-34(31(25-28)40(10,11)12)43-46(44-35-23-20-29(38(4,5)6)26-32(35)41(13,14)15)45-36-24-21-30(39(7,8)9)27-33(36)42(16,17)18;1-8-9-10-11-12-17-22-32(29,30-25-20-15-13-18-23(25)27(2,3)4)31-26-21-16-14-19-24(26)28(5,6)7/h19-27H,1-18H3;13-16,18-21,29,32H,8-12,17,22H2,1-7H3. The van der Waals surface area contributed by atoms with E-state index in [-0.39, 0.29) is 43.3 Å². The van der Waals surface area contributed by atoms with Crippen LogP contribution in [0, 0.1) is 0 Å². The van der Waals surface area contributed by atoms with Gasteiger partial charge < -0.3 is 13.6 Å². The van der Waals surface area contributed by atoms with Crippen LogP contribution in [0.3, 0.4) is 0 Å². The molecular formula is C70H108O6P2. The zero-order chi connectivity index (χ0) is 59.1. The van der Waals surface area contributed by atoms with Crippen molar-refractivity contribution in [2.45, 2.75) is 255 Å². The summed E-state index contributed by atoms with van der Waals surface area (Å²) in [6, 6.07) is 35.8. The molecule has 0 aliphatic heterocycles. The van der Waals surface area contributed by atoms with E-state index >= 15 is 0 Å². The number of hydrogen-bond acceptors (Lipinski definition) is 6. The molecule has 0 aliphatic rings. The van der Waals surface area contributed by atoms with Crippen molar-refractivity contribution in [2.75, 3.05) is 6.16 Å². The molecule has 78 heavy (non-hydrogen) atoms. The minimum atomic E-state index is -3.52. The van der Waals surface area contributed by atoms with Crippen molar-refractivity contribution in [3.05, 3.63) is 148 Å². The van der Waals surface area contributed by atoms with E-state index in [1.165, 1.54) is 42.4 Å². The van der Waals surface area contributed by atoms with Crippen molar-refractivity contribution in [1.82, 2.24) is 0 Å². The van der Waals surface area contributed by atoms with Crippen LogP contribution >= 0.6 is 16.5 Å². The monoisotopic (exact) mass is 1110 g/mol. The topological polar surface area (TPSA) is 66.4 Å². The van der Waals surface area contributed by atoms with E-state index in [2.05, 4.69) is 240 Å². The number of benzene rings is 5. The van der Waals surface area contributed by atoms with Gasteiger partial charge in [0.25, 0.3) is 0 Å². The van der Waals surface area contributed by atoms with Gasteiger partial charge in [0.05, 0.1) is 0 Å². The van der Waals surface area contributed by atoms with Gasteiger partial charge >= 0.3 is 206 Å². The Balaban J connectivity index is 0.000000359. The molecule has 0 aromatic heterocycles. The van der Waals surface area contributed by atoms with Crippen molar-refractivity contribution < 1.29 is 27.5 Å². The van der Waals surface area contributed by atoms with Crippen LogP contribution in [-0.2, 0) is 43.3 Å². The Morgan fingerprint density at radius 3 is 0.897 bits per heavy atom. The van der Waals surface area contributed by atoms with Crippen LogP contribution in [0.2, 0.25) is 0 Å². The van der Waals surface area contributed by atoms with Gasteiger partial charge in [-0.05, 0) is 67.4 Å². The van der Waals surface area contributed by atoms with E-state index in [1.807, 2.05) is 36.4 Å². The van der Waals surface area contributed by atoms with Gasteiger partial charge in [0.2, 0.25) is 0 Å². The molecule has 434 valence electrons. The first-order valence-corrected chi connectivity index (χ1v) is 32.2. The van der Waals surface area contributed by atoms with Crippen LogP contribution in [0.1, 0.15) is 256 Å². The maximum atomic E-state index is 11.8. The quantitative estimate of drug-likeness (QED) is 0.0739. The third-order valence-electron chi connectivity index (χ3n) is 14.3. The first kappa shape index (κ1) is 66.4. The predicted molar refractivity (Wildman–Crippen MR) is 341 cm³/mol. The molecule has 0 fully saturated rings. The Hall–Kier alpha value is -4.08. The molecule has 0 amide bonds. The summed E-state index contributed by atoms with van der Waals surface area (Å²) >= 11 is 0. The normalized spacial score (nSPS) is 13.4. The maximum absolute atomic E-state index is 11.8. The number of hydrogen-bond donors (Lipinski definition) is 1. The molecule has 5 aromatic rings. The molecule has 0 radical (unpaired) electrons. The van der Waals surface area contributed by atoms with Crippen molar-refractivity contribution in [1.29, 1.82) is 0 Å². The van der Waals surface area contributed by atoms with Crippen LogP contribution in [0.5, 0.6) is 28.7 Å². The molecule has 8 heteroatoms. The van der Waals surface area contributed by atoms with Gasteiger partial charge in [0.15, 0.2) is 0 Å². The van der Waals surface area contributed by atoms with Crippen LogP contribution in [0.4, 0.5) is 0 Å². The van der Waals surface area contributed by atoms with E-state index < -0.39 is 16.5 Å². The molecule has 0 unspecified atom stereocenters. The zero-order valence-corrected chi connectivity index (χ0v) is 55.6. The number of unbranched alkanes of at least 4 members (excludes halogenated alkanes) is 5. The Morgan fingerprint density at radius 2 is 0.615 bits per heavy atom. The van der Waals surface area contributed by atoms with E-state index in [0.29, 0.717) is 6.16 Å². The minimum absolute atomic E-state index is 0.0170. The van der Waals surface area contributed by atoms with Gasteiger partial charge in [-0.25, -0.2) is 0 Å². The molecule has 5 aromatic carbocycles. The average molecular weight is 1110 g/mol. The Morgan fingerprint density at radius 1 is 0.333 bits per heavy atom. The number of rotatable bonds is 17. The third kappa shape index (κ3) is 19.6. The second-order valence-corrected chi connectivity index (χ2v) is 33.4. The summed E-state index contributed by atoms with van der Waals surface area (Å²) in [6.07, 6.45) is 7.49. The fraction of sp³-hybridized carbons (Fsp3) is 0.571. The van der Waals surface area contributed by atoms with E-state index in [0.717, 1.165) is 69.4 Å². The first-order valence-electron chi connectivity index (χ1n) is 29.1. The Kier molecular flexibility index (Phi) is 22.0. The zero-order valence-electron chi connectivity index (χ0n) is 53.7. The summed E-state index contributed by atoms with van der Waals surface area (Å²) in [7, 11) is -5.41. The summed E-state index contributed by atoms with van der Waals surface area (Å²) in [5.74, 6) is 3.83. The van der Waals surface area contributed by atoms with Crippen molar-refractivity contribution >= 4 is 16.5 Å². The average Bonchev–Trinajstić information content (AvgIpc) is 3.28. The summed E-state index contributed by atoms with van der Waals surface area (Å²) < 4.78 is 33.6. The van der Waals surface area contributed by atoms with E-state index in [4.69, 9.17) is 22.6 Å². The number of para-hydroxylation sites is 2. The molecule has 0 saturated heterocycles. The van der Waals surface area contributed by atoms with Crippen LogP contribution in [0.25, 0.3) is 0 Å². The second kappa shape index (κ2) is 25.8. The predicted octanol–water partition coefficient (Wildman–Crippen LogP) is 21.8. The molecule has 5 rings (SSSR count). The van der Waals surface area contributed by atoms with Gasteiger partial charge in [-0.3, -0.25) is 0 Å². The van der Waals surface area contributed by atoms with Gasteiger partial charge in [-0.2, -0.15) is 0 Å². The first-order chi connectivity index (χ1) is 35.5.